The smallest absolute Gasteiger partial charge is 0.313 e. The molecule has 0 aromatic heterocycles. The minimum atomic E-state index is -1.12. The summed E-state index contributed by atoms with van der Waals surface area (Å²) in [5, 5.41) is 9.57. The van der Waals surface area contributed by atoms with Crippen LogP contribution in [0.2, 0.25) is 0 Å². The normalized spacial score (nSPS) is 16.0. The molecule has 0 fully saturated rings. The van der Waals surface area contributed by atoms with Crippen LogP contribution in [-0.2, 0) is 9.53 Å². The van der Waals surface area contributed by atoms with Gasteiger partial charge in [-0.05, 0) is 37.3 Å². The fourth-order valence-electron chi connectivity index (χ4n) is 2.61. The zero-order valence-corrected chi connectivity index (χ0v) is 16.9. The molecule has 0 amide bonds. The number of carbonyl (C=O) groups is 1. The number of aliphatic imine (C=N–C) groups is 1. The number of hydrogen-bond acceptors (Lipinski definition) is 7. The van der Waals surface area contributed by atoms with Crippen molar-refractivity contribution in [2.75, 3.05) is 0 Å². The molecule has 0 saturated carbocycles. The van der Waals surface area contributed by atoms with Crippen LogP contribution in [0.5, 0.6) is 0 Å². The van der Waals surface area contributed by atoms with Crippen molar-refractivity contribution in [2.45, 2.75) is 90.3 Å². The fourth-order valence-corrected chi connectivity index (χ4v) is 2.61. The molecule has 0 aromatic carbocycles. The first kappa shape index (κ1) is 23.6. The summed E-state index contributed by atoms with van der Waals surface area (Å²) in [7, 11) is 0. The number of unbranched alkanes of at least 4 members (excludes halogenated alkanes) is 9. The van der Waals surface area contributed by atoms with Gasteiger partial charge in [-0.3, -0.25) is 4.79 Å². The van der Waals surface area contributed by atoms with E-state index in [1.54, 1.807) is 0 Å². The van der Waals surface area contributed by atoms with Gasteiger partial charge in [-0.15, -0.1) is 15.1 Å². The number of nitroso groups, excluding NO2 is 1. The van der Waals surface area contributed by atoms with E-state index in [1.807, 2.05) is 0 Å². The quantitative estimate of drug-likeness (QED) is 0.133. The Morgan fingerprint density at radius 1 is 1.04 bits per heavy atom. The summed E-state index contributed by atoms with van der Waals surface area (Å²) in [5.74, 6) is 1.84. The zero-order valence-electron chi connectivity index (χ0n) is 16.9. The van der Waals surface area contributed by atoms with Crippen LogP contribution >= 0.6 is 0 Å². The lowest BCUT2D eigenvalue weighted by molar-refractivity contribution is -0.139. The molecule has 1 heterocycles. The second kappa shape index (κ2) is 16.8. The Kier molecular flexibility index (Phi) is 14.1. The molecule has 0 aromatic rings. The van der Waals surface area contributed by atoms with Crippen molar-refractivity contribution in [3.05, 3.63) is 35.1 Å². The number of allylic oxidation sites excluding steroid dienone is 4. The highest BCUT2D eigenvalue weighted by atomic mass is 16.5. The number of rotatable bonds is 16. The van der Waals surface area contributed by atoms with Gasteiger partial charge in [0.05, 0.1) is 5.87 Å². The second-order valence-electron chi connectivity index (χ2n) is 6.70. The summed E-state index contributed by atoms with van der Waals surface area (Å²) in [6.07, 6.45) is 20.7. The molecule has 7 heteroatoms. The first-order valence-electron chi connectivity index (χ1n) is 10.3. The highest BCUT2D eigenvalue weighted by Crippen LogP contribution is 2.11. The molecule has 0 saturated heterocycles. The minimum Gasteiger partial charge on any atom is -0.397 e. The number of azo groups is 1. The van der Waals surface area contributed by atoms with Gasteiger partial charge in [-0.1, -0.05) is 69.8 Å². The molecule has 154 valence electrons. The van der Waals surface area contributed by atoms with Crippen molar-refractivity contribution in [1.29, 1.82) is 0 Å². The van der Waals surface area contributed by atoms with Crippen molar-refractivity contribution >= 4 is 11.8 Å². The Bertz CT molecular complexity index is 605. The number of esters is 1. The van der Waals surface area contributed by atoms with Crippen molar-refractivity contribution in [1.82, 2.24) is 0 Å². The Morgan fingerprint density at radius 2 is 1.68 bits per heavy atom. The van der Waals surface area contributed by atoms with E-state index >= 15 is 0 Å². The van der Waals surface area contributed by atoms with E-state index in [4.69, 9.17) is 4.74 Å². The molecule has 0 spiro atoms. The topological polar surface area (TPSA) is 92.8 Å². The molecule has 7 nitrogen and oxygen atoms in total. The van der Waals surface area contributed by atoms with Gasteiger partial charge < -0.3 is 4.74 Å². The van der Waals surface area contributed by atoms with Gasteiger partial charge in [0.2, 0.25) is 0 Å². The van der Waals surface area contributed by atoms with E-state index in [9.17, 15) is 9.70 Å². The predicted octanol–water partition coefficient (Wildman–Crippen LogP) is 6.37. The van der Waals surface area contributed by atoms with E-state index in [1.165, 1.54) is 44.9 Å². The maximum Gasteiger partial charge on any atom is 0.313 e. The molecule has 1 aliphatic rings. The number of ether oxygens (including phenoxy) is 1. The number of nitrogens with zero attached hydrogens (tertiary/aromatic N) is 4. The van der Waals surface area contributed by atoms with Crippen molar-refractivity contribution in [3.8, 4) is 0 Å². The summed E-state index contributed by atoms with van der Waals surface area (Å²) >= 11 is 0. The molecule has 1 aliphatic heterocycles. The molecule has 0 radical (unpaired) electrons. The molecule has 1 rings (SSSR count). The Balaban J connectivity index is 1.92. The Labute approximate surface area is 167 Å². The largest absolute Gasteiger partial charge is 0.397 e. The predicted molar refractivity (Wildman–Crippen MR) is 111 cm³/mol. The van der Waals surface area contributed by atoms with Gasteiger partial charge in [0, 0.05) is 6.42 Å². The fraction of sp³-hybridized carbons (Fsp3) is 0.667. The molecule has 1 unspecified atom stereocenters. The van der Waals surface area contributed by atoms with Crippen LogP contribution in [0, 0.1) is 4.91 Å². The maximum atomic E-state index is 11.7. The van der Waals surface area contributed by atoms with E-state index in [2.05, 4.69) is 57.5 Å². The van der Waals surface area contributed by atoms with Crippen LogP contribution in [-0.4, -0.2) is 18.1 Å². The lowest BCUT2D eigenvalue weighted by Gasteiger charge is -2.04. The van der Waals surface area contributed by atoms with Gasteiger partial charge in [0.25, 0.3) is 6.29 Å². The molecule has 0 N–H and O–H groups in total. The summed E-state index contributed by atoms with van der Waals surface area (Å²) in [6.45, 7) is 2.22. The molecule has 1 atom stereocenters. The lowest BCUT2D eigenvalue weighted by atomic mass is 10.1. The van der Waals surface area contributed by atoms with Gasteiger partial charge in [-0.25, -0.2) is 0 Å². The molecule has 0 bridgehead atoms. The average Bonchev–Trinajstić information content (AvgIpc) is 2.71. The van der Waals surface area contributed by atoms with E-state index in [-0.39, 0.29) is 11.9 Å². The minimum absolute atomic E-state index is 0.117. The van der Waals surface area contributed by atoms with E-state index in [0.29, 0.717) is 6.42 Å². The van der Waals surface area contributed by atoms with Crippen LogP contribution in [0.15, 0.2) is 50.6 Å². The second-order valence-corrected chi connectivity index (χ2v) is 6.70. The SMILES string of the molecule is CCCCC/C=C\C=C\CCCCCCCCC(=O)OC1=C=NC(N=O)N=N1. The Hall–Kier alpha value is -2.40. The van der Waals surface area contributed by atoms with Crippen molar-refractivity contribution < 1.29 is 9.53 Å². The third-order valence-corrected chi connectivity index (χ3v) is 4.19. The number of hydrogen-bond donors (Lipinski definition) is 0. The molecule has 0 aliphatic carbocycles. The van der Waals surface area contributed by atoms with Gasteiger partial charge in [-0.2, -0.15) is 4.99 Å². The maximum absolute atomic E-state index is 11.7. The first-order chi connectivity index (χ1) is 13.8. The monoisotopic (exact) mass is 388 g/mol. The highest BCUT2D eigenvalue weighted by Gasteiger charge is 2.11. The van der Waals surface area contributed by atoms with Crippen molar-refractivity contribution in [3.63, 3.8) is 0 Å². The van der Waals surface area contributed by atoms with Gasteiger partial charge >= 0.3 is 11.9 Å². The summed E-state index contributed by atoms with van der Waals surface area (Å²) in [4.78, 5) is 25.4. The number of carbonyl (C=O) groups excluding carboxylic acids is 1. The van der Waals surface area contributed by atoms with Crippen molar-refractivity contribution in [2.24, 2.45) is 20.4 Å². The van der Waals surface area contributed by atoms with Gasteiger partial charge in [0.15, 0.2) is 0 Å². The Morgan fingerprint density at radius 3 is 2.29 bits per heavy atom. The standard InChI is InChI=1S/C21H32N4O3/c1-2-3-4-5-6-7-8-9-10-11-12-13-14-15-16-17-20(26)28-19-18-22-21(25-27)24-23-19/h6-9,21H,2-5,10-17H2,1H3/b7-6-,9-8+. The molecular weight excluding hydrogens is 356 g/mol. The highest BCUT2D eigenvalue weighted by molar-refractivity contribution is 5.73. The van der Waals surface area contributed by atoms with Crippen LogP contribution in [0.4, 0.5) is 0 Å². The lowest BCUT2D eigenvalue weighted by Crippen LogP contribution is -2.06. The molecular formula is C21H32N4O3. The van der Waals surface area contributed by atoms with Crippen LogP contribution < -0.4 is 0 Å². The van der Waals surface area contributed by atoms with Crippen LogP contribution in [0.25, 0.3) is 0 Å². The third kappa shape index (κ3) is 12.9. The first-order valence-corrected chi connectivity index (χ1v) is 10.3. The zero-order chi connectivity index (χ0) is 20.3. The average molecular weight is 389 g/mol. The summed E-state index contributed by atoms with van der Waals surface area (Å²) in [5.41, 5.74) is 0. The van der Waals surface area contributed by atoms with E-state index in [0.717, 1.165) is 25.7 Å². The van der Waals surface area contributed by atoms with E-state index < -0.39 is 6.29 Å². The summed E-state index contributed by atoms with van der Waals surface area (Å²) in [6, 6.07) is 0. The van der Waals surface area contributed by atoms with Crippen LogP contribution in [0.3, 0.4) is 0 Å². The summed E-state index contributed by atoms with van der Waals surface area (Å²) < 4.78 is 4.96. The van der Waals surface area contributed by atoms with Gasteiger partial charge in [0.1, 0.15) is 0 Å². The molecule has 28 heavy (non-hydrogen) atoms. The third-order valence-electron chi connectivity index (χ3n) is 4.19. The van der Waals surface area contributed by atoms with Crippen LogP contribution in [0.1, 0.15) is 84.0 Å².